The minimum Gasteiger partial charge on any atom is -0.366 e. The smallest absolute Gasteiger partial charge is 0.251 e. The summed E-state index contributed by atoms with van der Waals surface area (Å²) in [6, 6.07) is 1.58. The van der Waals surface area contributed by atoms with E-state index in [9.17, 15) is 4.79 Å². The number of hydrogen-bond acceptors (Lipinski definition) is 4. The van der Waals surface area contributed by atoms with Crippen molar-refractivity contribution in [2.24, 2.45) is 5.73 Å². The Labute approximate surface area is 109 Å². The van der Waals surface area contributed by atoms with Crippen molar-refractivity contribution in [2.45, 2.75) is 19.8 Å². The first kappa shape index (κ1) is 12.5. The van der Waals surface area contributed by atoms with Crippen molar-refractivity contribution in [3.8, 4) is 5.82 Å². The van der Waals surface area contributed by atoms with E-state index in [2.05, 4.69) is 15.1 Å². The van der Waals surface area contributed by atoms with Crippen LogP contribution in [0.25, 0.3) is 5.82 Å². The quantitative estimate of drug-likeness (QED) is 0.846. The summed E-state index contributed by atoms with van der Waals surface area (Å²) in [6.45, 7) is 2.03. The van der Waals surface area contributed by atoms with Crippen molar-refractivity contribution < 1.29 is 4.79 Å². The number of nitrogens with zero attached hydrogens (tertiary/aromatic N) is 4. The van der Waals surface area contributed by atoms with Crippen molar-refractivity contribution >= 4 is 17.5 Å². The topological polar surface area (TPSA) is 86.7 Å². The third kappa shape index (κ3) is 2.65. The first-order valence-corrected chi connectivity index (χ1v) is 5.86. The highest BCUT2D eigenvalue weighted by atomic mass is 35.5. The minimum atomic E-state index is -0.532. The lowest BCUT2D eigenvalue weighted by atomic mass is 10.3. The second-order valence-corrected chi connectivity index (χ2v) is 4.14. The summed E-state index contributed by atoms with van der Waals surface area (Å²) in [5.74, 6) is 0.636. The fourth-order valence-corrected chi connectivity index (χ4v) is 1.67. The van der Waals surface area contributed by atoms with Gasteiger partial charge in [-0.25, -0.2) is 14.6 Å². The highest BCUT2D eigenvalue weighted by Gasteiger charge is 2.08. The molecule has 18 heavy (non-hydrogen) atoms. The maximum atomic E-state index is 11.0. The Balaban J connectivity index is 2.39. The van der Waals surface area contributed by atoms with Gasteiger partial charge in [-0.15, -0.1) is 0 Å². The van der Waals surface area contributed by atoms with Gasteiger partial charge in [0.25, 0.3) is 5.91 Å². The summed E-state index contributed by atoms with van der Waals surface area (Å²) >= 11 is 5.92. The first-order chi connectivity index (χ1) is 8.60. The zero-order valence-corrected chi connectivity index (χ0v) is 10.6. The molecule has 0 fully saturated rings. The van der Waals surface area contributed by atoms with Crippen LogP contribution >= 0.6 is 11.6 Å². The molecule has 94 valence electrons. The lowest BCUT2D eigenvalue weighted by Gasteiger charge is -2.03. The molecule has 0 atom stereocenters. The van der Waals surface area contributed by atoms with Crippen molar-refractivity contribution in [2.75, 3.05) is 0 Å². The Morgan fingerprint density at radius 1 is 1.50 bits per heavy atom. The molecule has 2 rings (SSSR count). The monoisotopic (exact) mass is 265 g/mol. The van der Waals surface area contributed by atoms with Gasteiger partial charge in [0.1, 0.15) is 11.0 Å². The predicted octanol–water partition coefficient (Wildman–Crippen LogP) is 1.37. The van der Waals surface area contributed by atoms with Gasteiger partial charge in [-0.1, -0.05) is 18.5 Å². The van der Waals surface area contributed by atoms with Crippen LogP contribution in [0.3, 0.4) is 0 Å². The van der Waals surface area contributed by atoms with Gasteiger partial charge in [-0.2, -0.15) is 5.10 Å². The Bertz CT molecular complexity index is 581. The molecule has 0 saturated heterocycles. The van der Waals surface area contributed by atoms with E-state index in [0.29, 0.717) is 22.4 Å². The number of carbonyl (C=O) groups excluding carboxylic acids is 1. The van der Waals surface area contributed by atoms with E-state index < -0.39 is 5.91 Å². The Morgan fingerprint density at radius 2 is 2.28 bits per heavy atom. The van der Waals surface area contributed by atoms with Gasteiger partial charge >= 0.3 is 0 Å². The van der Waals surface area contributed by atoms with E-state index in [-0.39, 0.29) is 0 Å². The minimum absolute atomic E-state index is 0.321. The van der Waals surface area contributed by atoms with Gasteiger partial charge in [-0.3, -0.25) is 4.79 Å². The number of aryl methyl sites for hydroxylation is 1. The molecule has 0 bridgehead atoms. The molecule has 2 aromatic rings. The first-order valence-electron chi connectivity index (χ1n) is 5.48. The number of halogens is 1. The lowest BCUT2D eigenvalue weighted by Crippen LogP contribution is -2.09. The Kier molecular flexibility index (Phi) is 3.57. The van der Waals surface area contributed by atoms with Crippen molar-refractivity contribution in [3.63, 3.8) is 0 Å². The maximum absolute atomic E-state index is 11.0. The molecule has 1 amide bonds. The molecule has 0 radical (unpaired) electrons. The van der Waals surface area contributed by atoms with Crippen LogP contribution in [0.2, 0.25) is 5.15 Å². The summed E-state index contributed by atoms with van der Waals surface area (Å²) in [5.41, 5.74) is 5.48. The standard InChI is InChI=1S/C11H12ClN5O/c1-2-3-9-15-8(12)4-10(16-9)17-6-7(5-14-17)11(13)18/h4-6H,2-3H2,1H3,(H2,13,18). The molecule has 7 heteroatoms. The molecule has 0 aliphatic rings. The summed E-state index contributed by atoms with van der Waals surface area (Å²) in [6.07, 6.45) is 4.55. The van der Waals surface area contributed by atoms with Crippen molar-refractivity contribution in [1.29, 1.82) is 0 Å². The molecular weight excluding hydrogens is 254 g/mol. The van der Waals surface area contributed by atoms with Gasteiger partial charge < -0.3 is 5.73 Å². The average molecular weight is 266 g/mol. The van der Waals surface area contributed by atoms with Crippen LogP contribution < -0.4 is 5.73 Å². The van der Waals surface area contributed by atoms with Crippen LogP contribution in [0.5, 0.6) is 0 Å². The van der Waals surface area contributed by atoms with Crippen LogP contribution in [0, 0.1) is 0 Å². The number of carbonyl (C=O) groups is 1. The molecule has 2 N–H and O–H groups in total. The van der Waals surface area contributed by atoms with Crippen LogP contribution in [0.15, 0.2) is 18.5 Å². The molecule has 0 aromatic carbocycles. The zero-order chi connectivity index (χ0) is 13.1. The third-order valence-corrected chi connectivity index (χ3v) is 2.50. The number of aromatic nitrogens is 4. The largest absolute Gasteiger partial charge is 0.366 e. The van der Waals surface area contributed by atoms with E-state index in [4.69, 9.17) is 17.3 Å². The zero-order valence-electron chi connectivity index (χ0n) is 9.80. The molecule has 0 spiro atoms. The van der Waals surface area contributed by atoms with Crippen LogP contribution in [-0.2, 0) is 6.42 Å². The molecule has 6 nitrogen and oxygen atoms in total. The van der Waals surface area contributed by atoms with Gasteiger partial charge in [0, 0.05) is 18.7 Å². The van der Waals surface area contributed by atoms with Crippen molar-refractivity contribution in [1.82, 2.24) is 19.7 Å². The van der Waals surface area contributed by atoms with Gasteiger partial charge in [0.15, 0.2) is 5.82 Å². The molecular formula is C11H12ClN5O. The van der Waals surface area contributed by atoms with E-state index in [0.717, 1.165) is 12.8 Å². The Hall–Kier alpha value is -1.95. The number of primary amides is 1. The number of hydrogen-bond donors (Lipinski definition) is 1. The van der Waals surface area contributed by atoms with E-state index in [1.807, 2.05) is 6.92 Å². The van der Waals surface area contributed by atoms with E-state index in [1.54, 1.807) is 6.07 Å². The summed E-state index contributed by atoms with van der Waals surface area (Å²) in [5, 5.41) is 4.36. The highest BCUT2D eigenvalue weighted by molar-refractivity contribution is 6.29. The summed E-state index contributed by atoms with van der Waals surface area (Å²) < 4.78 is 1.45. The molecule has 2 heterocycles. The van der Waals surface area contributed by atoms with Gasteiger partial charge in [0.05, 0.1) is 11.8 Å². The lowest BCUT2D eigenvalue weighted by molar-refractivity contribution is 0.100. The normalized spacial score (nSPS) is 10.6. The van der Waals surface area contributed by atoms with E-state index >= 15 is 0 Å². The number of amides is 1. The maximum Gasteiger partial charge on any atom is 0.251 e. The van der Waals surface area contributed by atoms with Crippen LogP contribution in [0.1, 0.15) is 29.5 Å². The van der Waals surface area contributed by atoms with E-state index in [1.165, 1.54) is 17.1 Å². The molecule has 0 aliphatic carbocycles. The highest BCUT2D eigenvalue weighted by Crippen LogP contribution is 2.12. The average Bonchev–Trinajstić information content (AvgIpc) is 2.78. The van der Waals surface area contributed by atoms with Crippen LogP contribution in [0.4, 0.5) is 0 Å². The second-order valence-electron chi connectivity index (χ2n) is 3.75. The van der Waals surface area contributed by atoms with Crippen molar-refractivity contribution in [3.05, 3.63) is 35.0 Å². The van der Waals surface area contributed by atoms with Crippen LogP contribution in [-0.4, -0.2) is 25.7 Å². The molecule has 0 unspecified atom stereocenters. The third-order valence-electron chi connectivity index (χ3n) is 2.30. The summed E-state index contributed by atoms with van der Waals surface area (Å²) in [7, 11) is 0. The Morgan fingerprint density at radius 3 is 2.89 bits per heavy atom. The fraction of sp³-hybridized carbons (Fsp3) is 0.273. The predicted molar refractivity (Wildman–Crippen MR) is 66.7 cm³/mol. The number of rotatable bonds is 4. The fourth-order valence-electron chi connectivity index (χ4n) is 1.48. The molecule has 0 aliphatic heterocycles. The molecule has 0 saturated carbocycles. The SMILES string of the molecule is CCCc1nc(Cl)cc(-n2cc(C(N)=O)cn2)n1. The second kappa shape index (κ2) is 5.14. The summed E-state index contributed by atoms with van der Waals surface area (Å²) in [4.78, 5) is 19.4. The van der Waals surface area contributed by atoms with Gasteiger partial charge in [-0.05, 0) is 6.42 Å². The number of nitrogens with two attached hydrogens (primary N) is 1. The molecule has 2 aromatic heterocycles. The van der Waals surface area contributed by atoms with Gasteiger partial charge in [0.2, 0.25) is 0 Å².